The van der Waals surface area contributed by atoms with Gasteiger partial charge >= 0.3 is 5.97 Å². The van der Waals surface area contributed by atoms with Crippen LogP contribution < -0.4 is 10.1 Å². The van der Waals surface area contributed by atoms with Gasteiger partial charge in [0.05, 0.1) is 30.9 Å². The molecule has 0 spiro atoms. The summed E-state index contributed by atoms with van der Waals surface area (Å²) < 4.78 is 15.8. The monoisotopic (exact) mass is 403 g/mol. The standard InChI is InChI=1S/C20H25N3O4S/c1-5-26-19(24)17-14(3)23(13(2)12-25-4)20(28)22-18(17)15-6-8-16(9-7-15)27-11-10-21/h6-9,13,18H,5,11-12H2,1-4H3,(H,22,28)/t13-,18+/m1/s1. The van der Waals surface area contributed by atoms with Gasteiger partial charge in [-0.3, -0.25) is 0 Å². The number of ether oxygens (including phenoxy) is 3. The topological polar surface area (TPSA) is 83.8 Å². The Morgan fingerprint density at radius 1 is 1.39 bits per heavy atom. The average Bonchev–Trinajstić information content (AvgIpc) is 2.66. The number of thiocarbonyl (C=S) groups is 1. The molecule has 0 fully saturated rings. The molecule has 7 nitrogen and oxygen atoms in total. The van der Waals surface area contributed by atoms with Gasteiger partial charge in [-0.15, -0.1) is 0 Å². The van der Waals surface area contributed by atoms with Gasteiger partial charge in [-0.2, -0.15) is 5.26 Å². The second-order valence-corrected chi connectivity index (χ2v) is 6.68. The second kappa shape index (κ2) is 10.1. The third-order valence-electron chi connectivity index (χ3n) is 4.39. The largest absolute Gasteiger partial charge is 0.479 e. The predicted molar refractivity (Wildman–Crippen MR) is 109 cm³/mol. The van der Waals surface area contributed by atoms with E-state index >= 15 is 0 Å². The zero-order chi connectivity index (χ0) is 20.7. The number of hydrogen-bond donors (Lipinski definition) is 1. The van der Waals surface area contributed by atoms with Crippen LogP contribution in [-0.2, 0) is 14.3 Å². The quantitative estimate of drug-likeness (QED) is 0.524. The molecule has 0 amide bonds. The van der Waals surface area contributed by atoms with E-state index in [0.29, 0.717) is 23.0 Å². The van der Waals surface area contributed by atoms with Gasteiger partial charge < -0.3 is 24.4 Å². The Labute approximate surface area is 170 Å². The Kier molecular flexibility index (Phi) is 7.79. The van der Waals surface area contributed by atoms with Crippen LogP contribution in [0.3, 0.4) is 0 Å². The summed E-state index contributed by atoms with van der Waals surface area (Å²) in [5.74, 6) is 0.192. The van der Waals surface area contributed by atoms with Crippen molar-refractivity contribution in [3.05, 3.63) is 41.1 Å². The number of nitriles is 1. The number of carbonyl (C=O) groups is 1. The van der Waals surface area contributed by atoms with Gasteiger partial charge in [-0.05, 0) is 50.7 Å². The van der Waals surface area contributed by atoms with E-state index in [0.717, 1.165) is 11.3 Å². The molecule has 0 aliphatic carbocycles. The highest BCUT2D eigenvalue weighted by molar-refractivity contribution is 7.80. The van der Waals surface area contributed by atoms with Crippen molar-refractivity contribution in [3.63, 3.8) is 0 Å². The number of esters is 1. The van der Waals surface area contributed by atoms with E-state index in [-0.39, 0.29) is 25.2 Å². The molecule has 2 rings (SSSR count). The SMILES string of the molecule is CCOC(=O)C1=C(C)N([C@H](C)COC)C(=S)N[C@H]1c1ccc(OCC#N)cc1. The molecule has 28 heavy (non-hydrogen) atoms. The lowest BCUT2D eigenvalue weighted by molar-refractivity contribution is -0.139. The highest BCUT2D eigenvalue weighted by atomic mass is 32.1. The van der Waals surface area contributed by atoms with Gasteiger partial charge in [0.15, 0.2) is 11.7 Å². The summed E-state index contributed by atoms with van der Waals surface area (Å²) in [7, 11) is 1.63. The van der Waals surface area contributed by atoms with Crippen molar-refractivity contribution in [1.82, 2.24) is 10.2 Å². The maximum atomic E-state index is 12.8. The summed E-state index contributed by atoms with van der Waals surface area (Å²) >= 11 is 5.57. The minimum Gasteiger partial charge on any atom is -0.479 e. The van der Waals surface area contributed by atoms with Crippen LogP contribution in [0, 0.1) is 11.3 Å². The number of nitrogens with zero attached hydrogens (tertiary/aromatic N) is 2. The molecule has 1 aromatic carbocycles. The first-order chi connectivity index (χ1) is 13.4. The number of nitrogens with one attached hydrogen (secondary N) is 1. The molecule has 0 aromatic heterocycles. The van der Waals surface area contributed by atoms with Gasteiger partial charge in [0, 0.05) is 12.8 Å². The normalized spacial score (nSPS) is 17.6. The van der Waals surface area contributed by atoms with Crippen molar-refractivity contribution in [2.45, 2.75) is 32.9 Å². The van der Waals surface area contributed by atoms with Crippen LogP contribution in [0.5, 0.6) is 5.75 Å². The summed E-state index contributed by atoms with van der Waals surface area (Å²) in [4.78, 5) is 14.6. The van der Waals surface area contributed by atoms with Gasteiger partial charge in [0.25, 0.3) is 0 Å². The Morgan fingerprint density at radius 2 is 2.07 bits per heavy atom. The molecule has 1 aliphatic rings. The van der Waals surface area contributed by atoms with Gasteiger partial charge in [-0.25, -0.2) is 4.79 Å². The van der Waals surface area contributed by atoms with E-state index in [1.807, 2.05) is 36.9 Å². The maximum Gasteiger partial charge on any atom is 0.338 e. The van der Waals surface area contributed by atoms with Crippen LogP contribution in [0.1, 0.15) is 32.4 Å². The van der Waals surface area contributed by atoms with Crippen molar-refractivity contribution in [2.75, 3.05) is 26.9 Å². The van der Waals surface area contributed by atoms with E-state index in [1.165, 1.54) is 0 Å². The highest BCUT2D eigenvalue weighted by Crippen LogP contribution is 2.33. The zero-order valence-corrected chi connectivity index (χ0v) is 17.3. The number of benzene rings is 1. The van der Waals surface area contributed by atoms with Crippen LogP contribution in [0.2, 0.25) is 0 Å². The molecule has 0 bridgehead atoms. The molecule has 2 atom stereocenters. The Morgan fingerprint density at radius 3 is 2.64 bits per heavy atom. The molecule has 1 heterocycles. The minimum atomic E-state index is -0.442. The first-order valence-corrected chi connectivity index (χ1v) is 9.41. The molecule has 0 saturated heterocycles. The van der Waals surface area contributed by atoms with Crippen molar-refractivity contribution < 1.29 is 19.0 Å². The van der Waals surface area contributed by atoms with Crippen LogP contribution in [-0.4, -0.2) is 49.0 Å². The molecule has 0 radical (unpaired) electrons. The van der Waals surface area contributed by atoms with Crippen LogP contribution in [0.15, 0.2) is 35.5 Å². The van der Waals surface area contributed by atoms with Crippen molar-refractivity contribution in [3.8, 4) is 11.8 Å². The number of hydrogen-bond acceptors (Lipinski definition) is 6. The Balaban J connectivity index is 2.43. The zero-order valence-electron chi connectivity index (χ0n) is 16.5. The fourth-order valence-corrected chi connectivity index (χ4v) is 3.63. The van der Waals surface area contributed by atoms with Crippen molar-refractivity contribution >= 4 is 23.3 Å². The van der Waals surface area contributed by atoms with Crippen molar-refractivity contribution in [1.29, 1.82) is 5.26 Å². The lowest BCUT2D eigenvalue weighted by Gasteiger charge is -2.40. The molecule has 1 aromatic rings. The lowest BCUT2D eigenvalue weighted by Crippen LogP contribution is -2.52. The van der Waals surface area contributed by atoms with Crippen molar-refractivity contribution in [2.24, 2.45) is 0 Å². The fourth-order valence-electron chi connectivity index (χ4n) is 3.20. The van der Waals surface area contributed by atoms with Gasteiger partial charge in [0.1, 0.15) is 11.8 Å². The molecule has 150 valence electrons. The minimum absolute atomic E-state index is 0.0233. The predicted octanol–water partition coefficient (Wildman–Crippen LogP) is 2.69. The van der Waals surface area contributed by atoms with E-state index in [9.17, 15) is 4.79 Å². The Hall–Kier alpha value is -2.63. The highest BCUT2D eigenvalue weighted by Gasteiger charge is 2.36. The summed E-state index contributed by atoms with van der Waals surface area (Å²) in [6.45, 7) is 6.33. The van der Waals surface area contributed by atoms with Gasteiger partial charge in [-0.1, -0.05) is 12.1 Å². The smallest absolute Gasteiger partial charge is 0.338 e. The molecule has 1 aliphatic heterocycles. The first-order valence-electron chi connectivity index (χ1n) is 9.00. The molecular formula is C20H25N3O4S. The molecule has 1 N–H and O–H groups in total. The average molecular weight is 404 g/mol. The van der Waals surface area contributed by atoms with Crippen LogP contribution in [0.25, 0.3) is 0 Å². The maximum absolute atomic E-state index is 12.8. The van der Waals surface area contributed by atoms with Crippen LogP contribution >= 0.6 is 12.2 Å². The number of methoxy groups -OCH3 is 1. The third-order valence-corrected chi connectivity index (χ3v) is 4.70. The molecular weight excluding hydrogens is 378 g/mol. The molecule has 8 heteroatoms. The molecule has 0 unspecified atom stereocenters. The fraction of sp³-hybridized carbons (Fsp3) is 0.450. The molecule has 0 saturated carbocycles. The summed E-state index contributed by atoms with van der Waals surface area (Å²) in [5.41, 5.74) is 2.08. The Bertz CT molecular complexity index is 786. The van der Waals surface area contributed by atoms with E-state index in [4.69, 9.17) is 31.7 Å². The number of rotatable bonds is 8. The third kappa shape index (κ3) is 4.80. The van der Waals surface area contributed by atoms with Crippen LogP contribution in [0.4, 0.5) is 0 Å². The number of allylic oxidation sites excluding steroid dienone is 1. The van der Waals surface area contributed by atoms with E-state index < -0.39 is 6.04 Å². The summed E-state index contributed by atoms with van der Waals surface area (Å²) in [6.07, 6.45) is 0. The lowest BCUT2D eigenvalue weighted by atomic mass is 9.94. The van der Waals surface area contributed by atoms with Gasteiger partial charge in [0.2, 0.25) is 0 Å². The van der Waals surface area contributed by atoms with E-state index in [1.54, 1.807) is 26.2 Å². The van der Waals surface area contributed by atoms with E-state index in [2.05, 4.69) is 5.32 Å². The second-order valence-electron chi connectivity index (χ2n) is 6.29. The first kappa shape index (κ1) is 21.7. The summed E-state index contributed by atoms with van der Waals surface area (Å²) in [6, 6.07) is 8.65. The number of carbonyl (C=O) groups excluding carboxylic acids is 1. The summed E-state index contributed by atoms with van der Waals surface area (Å²) in [5, 5.41) is 12.4.